The van der Waals surface area contributed by atoms with Crippen LogP contribution < -0.4 is 10.2 Å². The van der Waals surface area contributed by atoms with Crippen LogP contribution in [0, 0.1) is 6.92 Å². The van der Waals surface area contributed by atoms with E-state index in [2.05, 4.69) is 10.4 Å². The van der Waals surface area contributed by atoms with Crippen LogP contribution in [0.3, 0.4) is 0 Å². The molecule has 7 heteroatoms. The maximum absolute atomic E-state index is 13.3. The van der Waals surface area contributed by atoms with Crippen LogP contribution in [-0.4, -0.2) is 33.1 Å². The summed E-state index contributed by atoms with van der Waals surface area (Å²) in [6.07, 6.45) is 4.75. The number of aryl methyl sites for hydroxylation is 2. The fourth-order valence-corrected chi connectivity index (χ4v) is 4.26. The van der Waals surface area contributed by atoms with Crippen molar-refractivity contribution < 1.29 is 9.59 Å². The molecule has 1 saturated carbocycles. The molecule has 1 aromatic carbocycles. The highest BCUT2D eigenvalue weighted by molar-refractivity contribution is 6.13. The summed E-state index contributed by atoms with van der Waals surface area (Å²) >= 11 is 0. The fraction of sp³-hybridized carbons (Fsp3) is 0.391. The van der Waals surface area contributed by atoms with Crippen LogP contribution in [0.2, 0.25) is 0 Å². The van der Waals surface area contributed by atoms with Crippen molar-refractivity contribution in [1.29, 1.82) is 0 Å². The monoisotopic (exact) mass is 403 g/mol. The molecule has 0 atom stereocenters. The third kappa shape index (κ3) is 3.34. The number of rotatable bonds is 4. The number of nitrogens with one attached hydrogen (secondary N) is 1. The smallest absolute Gasteiger partial charge is 0.256 e. The average molecular weight is 403 g/mol. The highest BCUT2D eigenvalue weighted by Crippen LogP contribution is 2.40. The first-order chi connectivity index (χ1) is 14.5. The second-order valence-corrected chi connectivity index (χ2v) is 8.28. The van der Waals surface area contributed by atoms with Gasteiger partial charge in [0.2, 0.25) is 5.91 Å². The lowest BCUT2D eigenvalue weighted by Crippen LogP contribution is -2.35. The molecule has 154 valence electrons. The van der Waals surface area contributed by atoms with Crippen LogP contribution in [0.15, 0.2) is 30.3 Å². The molecule has 2 fully saturated rings. The maximum atomic E-state index is 13.3. The lowest BCUT2D eigenvalue weighted by Gasteiger charge is -2.27. The average Bonchev–Trinajstić information content (AvgIpc) is 3.54. The molecule has 30 heavy (non-hydrogen) atoms. The standard InChI is InChI=1S/C23H25N5O2/c1-14-21-18(13-19(15-9-10-15)25-22(21)27(2)26-14)23(30)24-16-6-5-7-17(12-16)28-11-4-3-8-20(28)29/h5-7,12-13,15H,3-4,8-11H2,1-2H3,(H,24,30). The molecule has 1 saturated heterocycles. The molecule has 7 nitrogen and oxygen atoms in total. The minimum absolute atomic E-state index is 0.139. The number of piperidine rings is 1. The highest BCUT2D eigenvalue weighted by Gasteiger charge is 2.28. The lowest BCUT2D eigenvalue weighted by molar-refractivity contribution is -0.119. The molecule has 1 aliphatic heterocycles. The van der Waals surface area contributed by atoms with Crippen LogP contribution in [-0.2, 0) is 11.8 Å². The summed E-state index contributed by atoms with van der Waals surface area (Å²) in [6, 6.07) is 9.44. The molecule has 0 bridgehead atoms. The summed E-state index contributed by atoms with van der Waals surface area (Å²) in [6.45, 7) is 2.63. The number of amides is 2. The first kappa shape index (κ1) is 18.8. The summed E-state index contributed by atoms with van der Waals surface area (Å²) < 4.78 is 1.75. The number of nitrogens with zero attached hydrogens (tertiary/aromatic N) is 4. The Morgan fingerprint density at radius 1 is 1.20 bits per heavy atom. The summed E-state index contributed by atoms with van der Waals surface area (Å²) in [5, 5.41) is 8.29. The molecule has 2 amide bonds. The number of benzene rings is 1. The SMILES string of the molecule is Cc1nn(C)c2nc(C3CC3)cc(C(=O)Nc3cccc(N4CCCCC4=O)c3)c12. The Morgan fingerprint density at radius 3 is 2.80 bits per heavy atom. The Kier molecular flexibility index (Phi) is 4.53. The maximum Gasteiger partial charge on any atom is 0.256 e. The summed E-state index contributed by atoms with van der Waals surface area (Å²) in [5.74, 6) is 0.396. The molecule has 0 unspecified atom stereocenters. The van der Waals surface area contributed by atoms with E-state index in [9.17, 15) is 9.59 Å². The lowest BCUT2D eigenvalue weighted by atomic mass is 10.1. The van der Waals surface area contributed by atoms with Crippen molar-refractivity contribution >= 4 is 34.2 Å². The summed E-state index contributed by atoms with van der Waals surface area (Å²) in [7, 11) is 1.86. The highest BCUT2D eigenvalue weighted by atomic mass is 16.2. The fourth-order valence-electron chi connectivity index (χ4n) is 4.26. The number of hydrogen-bond donors (Lipinski definition) is 1. The van der Waals surface area contributed by atoms with Crippen molar-refractivity contribution in [1.82, 2.24) is 14.8 Å². The van der Waals surface area contributed by atoms with Gasteiger partial charge in [-0.25, -0.2) is 4.98 Å². The first-order valence-corrected chi connectivity index (χ1v) is 10.6. The molecule has 1 aliphatic carbocycles. The Bertz CT molecular complexity index is 1160. The molecule has 1 N–H and O–H groups in total. The molecule has 3 heterocycles. The zero-order valence-corrected chi connectivity index (χ0v) is 17.3. The van der Waals surface area contributed by atoms with E-state index in [-0.39, 0.29) is 11.8 Å². The van der Waals surface area contributed by atoms with Crippen LogP contribution in [0.25, 0.3) is 11.0 Å². The van der Waals surface area contributed by atoms with Crippen LogP contribution in [0.4, 0.5) is 11.4 Å². The second-order valence-electron chi connectivity index (χ2n) is 8.28. The first-order valence-electron chi connectivity index (χ1n) is 10.6. The van der Waals surface area contributed by atoms with Crippen molar-refractivity contribution in [3.63, 3.8) is 0 Å². The van der Waals surface area contributed by atoms with Crippen molar-refractivity contribution in [3.8, 4) is 0 Å². The predicted molar refractivity (Wildman–Crippen MR) is 116 cm³/mol. The minimum atomic E-state index is -0.178. The number of aromatic nitrogens is 3. The Morgan fingerprint density at radius 2 is 2.03 bits per heavy atom. The predicted octanol–water partition coefficient (Wildman–Crippen LogP) is 3.92. The van der Waals surface area contributed by atoms with E-state index >= 15 is 0 Å². The van der Waals surface area contributed by atoms with Crippen molar-refractivity contribution in [2.24, 2.45) is 7.05 Å². The van der Waals surface area contributed by atoms with E-state index in [0.29, 0.717) is 23.6 Å². The third-order valence-corrected chi connectivity index (χ3v) is 5.97. The van der Waals surface area contributed by atoms with Gasteiger partial charge >= 0.3 is 0 Å². The third-order valence-electron chi connectivity index (χ3n) is 5.97. The second kappa shape index (κ2) is 7.23. The quantitative estimate of drug-likeness (QED) is 0.716. The Hall–Kier alpha value is -3.22. The van der Waals surface area contributed by atoms with E-state index in [0.717, 1.165) is 60.3 Å². The largest absolute Gasteiger partial charge is 0.322 e. The molecule has 0 radical (unpaired) electrons. The number of carbonyl (C=O) groups excluding carboxylic acids is 2. The molecule has 3 aromatic rings. The van der Waals surface area contributed by atoms with E-state index in [1.807, 2.05) is 44.3 Å². The van der Waals surface area contributed by atoms with E-state index in [1.54, 1.807) is 9.58 Å². The van der Waals surface area contributed by atoms with Gasteiger partial charge in [-0.15, -0.1) is 0 Å². The van der Waals surface area contributed by atoms with Gasteiger partial charge in [0.25, 0.3) is 5.91 Å². The van der Waals surface area contributed by atoms with E-state index in [1.165, 1.54) is 0 Å². The molecular formula is C23H25N5O2. The van der Waals surface area contributed by atoms with Crippen molar-refractivity contribution in [3.05, 3.63) is 47.3 Å². The van der Waals surface area contributed by atoms with Crippen LogP contribution >= 0.6 is 0 Å². The van der Waals surface area contributed by atoms with E-state index in [4.69, 9.17) is 4.98 Å². The Labute approximate surface area is 175 Å². The van der Waals surface area contributed by atoms with Gasteiger partial charge in [0.1, 0.15) is 0 Å². The van der Waals surface area contributed by atoms with Gasteiger partial charge in [-0.1, -0.05) is 6.07 Å². The summed E-state index contributed by atoms with van der Waals surface area (Å²) in [4.78, 5) is 32.1. The number of hydrogen-bond acceptors (Lipinski definition) is 4. The molecule has 0 spiro atoms. The van der Waals surface area contributed by atoms with Crippen molar-refractivity contribution in [2.45, 2.75) is 44.9 Å². The van der Waals surface area contributed by atoms with Crippen molar-refractivity contribution in [2.75, 3.05) is 16.8 Å². The van der Waals surface area contributed by atoms with Gasteiger partial charge < -0.3 is 10.2 Å². The normalized spacial score (nSPS) is 16.9. The Balaban J connectivity index is 1.48. The summed E-state index contributed by atoms with van der Waals surface area (Å²) in [5.41, 5.74) is 4.61. The van der Waals surface area contributed by atoms with Gasteiger partial charge in [0.15, 0.2) is 5.65 Å². The zero-order chi connectivity index (χ0) is 20.8. The number of anilines is 2. The van der Waals surface area contributed by atoms with Gasteiger partial charge in [0, 0.05) is 43.0 Å². The molecule has 2 aliphatic rings. The molecule has 5 rings (SSSR count). The van der Waals surface area contributed by atoms with E-state index < -0.39 is 0 Å². The molecule has 2 aromatic heterocycles. The van der Waals surface area contributed by atoms with Crippen LogP contribution in [0.5, 0.6) is 0 Å². The number of carbonyl (C=O) groups is 2. The number of pyridine rings is 1. The van der Waals surface area contributed by atoms with Gasteiger partial charge in [-0.2, -0.15) is 5.10 Å². The van der Waals surface area contributed by atoms with Gasteiger partial charge in [-0.3, -0.25) is 14.3 Å². The molecular weight excluding hydrogens is 378 g/mol. The van der Waals surface area contributed by atoms with Gasteiger partial charge in [0.05, 0.1) is 16.6 Å². The zero-order valence-electron chi connectivity index (χ0n) is 17.3. The minimum Gasteiger partial charge on any atom is -0.322 e. The number of fused-ring (bicyclic) bond motifs is 1. The van der Waals surface area contributed by atoms with Crippen LogP contribution in [0.1, 0.15) is 59.8 Å². The van der Waals surface area contributed by atoms with Gasteiger partial charge in [-0.05, 0) is 56.9 Å². The topological polar surface area (TPSA) is 80.1 Å².